The molecule has 0 radical (unpaired) electrons. The van der Waals surface area contributed by atoms with Crippen molar-refractivity contribution in [2.45, 2.75) is 56.9 Å². The van der Waals surface area contributed by atoms with Gasteiger partial charge in [0.05, 0.1) is 5.69 Å². The highest BCUT2D eigenvalue weighted by Crippen LogP contribution is 2.27. The van der Waals surface area contributed by atoms with Crippen LogP contribution in [0.25, 0.3) is 5.52 Å². The van der Waals surface area contributed by atoms with Gasteiger partial charge in [-0.05, 0) is 37.7 Å². The zero-order valence-corrected chi connectivity index (χ0v) is 12.8. The molecule has 20 heavy (non-hydrogen) atoms. The van der Waals surface area contributed by atoms with Crippen LogP contribution < -0.4 is 5.32 Å². The second-order valence-electron chi connectivity index (χ2n) is 5.92. The summed E-state index contributed by atoms with van der Waals surface area (Å²) in [6, 6.07) is 2.61. The van der Waals surface area contributed by atoms with Gasteiger partial charge in [0, 0.05) is 23.8 Å². The summed E-state index contributed by atoms with van der Waals surface area (Å²) in [7, 11) is 0. The van der Waals surface area contributed by atoms with Crippen LogP contribution in [0.5, 0.6) is 0 Å². The van der Waals surface area contributed by atoms with Crippen LogP contribution in [0.4, 0.5) is 5.82 Å². The summed E-state index contributed by atoms with van der Waals surface area (Å²) in [6.45, 7) is 4.31. The van der Waals surface area contributed by atoms with Crippen molar-refractivity contribution in [3.05, 3.63) is 24.2 Å². The summed E-state index contributed by atoms with van der Waals surface area (Å²) in [4.78, 5) is 4.49. The van der Waals surface area contributed by atoms with Crippen molar-refractivity contribution in [2.75, 3.05) is 5.32 Å². The quantitative estimate of drug-likeness (QED) is 0.875. The molecule has 1 aliphatic carbocycles. The zero-order chi connectivity index (χ0) is 14.1. The Bertz CT molecular complexity index is 585. The summed E-state index contributed by atoms with van der Waals surface area (Å²) in [6.07, 6.45) is 8.10. The van der Waals surface area contributed by atoms with Gasteiger partial charge in [0.15, 0.2) is 5.82 Å². The molecule has 3 rings (SSSR count). The molecule has 0 saturated heterocycles. The van der Waals surface area contributed by atoms with E-state index in [9.17, 15) is 0 Å². The molecule has 1 aliphatic rings. The van der Waals surface area contributed by atoms with Gasteiger partial charge in [0.2, 0.25) is 0 Å². The largest absolute Gasteiger partial charge is 0.366 e. The maximum absolute atomic E-state index is 6.16. The molecule has 5 heteroatoms. The molecule has 4 nitrogen and oxygen atoms in total. The normalized spacial score (nSPS) is 23.4. The van der Waals surface area contributed by atoms with Gasteiger partial charge in [0.25, 0.3) is 0 Å². The van der Waals surface area contributed by atoms with E-state index < -0.39 is 0 Å². The number of anilines is 1. The van der Waals surface area contributed by atoms with E-state index in [1.54, 1.807) is 6.20 Å². The van der Waals surface area contributed by atoms with Crippen LogP contribution in [0.15, 0.2) is 18.5 Å². The first-order chi connectivity index (χ1) is 9.63. The van der Waals surface area contributed by atoms with Crippen molar-refractivity contribution in [3.8, 4) is 0 Å². The molecule has 0 amide bonds. The summed E-state index contributed by atoms with van der Waals surface area (Å²) >= 11 is 6.16. The van der Waals surface area contributed by atoms with Crippen LogP contribution in [0.1, 0.15) is 51.1 Å². The molecule has 1 N–H and O–H groups in total. The van der Waals surface area contributed by atoms with Crippen molar-refractivity contribution in [3.63, 3.8) is 0 Å². The second kappa shape index (κ2) is 5.60. The van der Waals surface area contributed by atoms with Crippen molar-refractivity contribution < 1.29 is 0 Å². The number of hydrogen-bond donors (Lipinski definition) is 1. The number of fused-ring (bicyclic) bond motifs is 1. The fraction of sp³-hybridized carbons (Fsp3) is 0.600. The average molecular weight is 293 g/mol. The minimum atomic E-state index is 0.347. The topological polar surface area (TPSA) is 42.2 Å². The molecule has 1 saturated carbocycles. The van der Waals surface area contributed by atoms with E-state index in [1.807, 2.05) is 10.7 Å². The van der Waals surface area contributed by atoms with Gasteiger partial charge in [-0.1, -0.05) is 13.8 Å². The molecule has 0 atom stereocenters. The monoisotopic (exact) mass is 292 g/mol. The van der Waals surface area contributed by atoms with Crippen molar-refractivity contribution in [1.29, 1.82) is 0 Å². The van der Waals surface area contributed by atoms with Crippen LogP contribution in [0.2, 0.25) is 0 Å². The Kier molecular flexibility index (Phi) is 3.83. The number of halogens is 1. The van der Waals surface area contributed by atoms with Gasteiger partial charge in [-0.2, -0.15) is 5.10 Å². The summed E-state index contributed by atoms with van der Waals surface area (Å²) in [5, 5.41) is 8.51. The van der Waals surface area contributed by atoms with Gasteiger partial charge >= 0.3 is 0 Å². The number of nitrogens with zero attached hydrogens (tertiary/aromatic N) is 3. The fourth-order valence-electron chi connectivity index (χ4n) is 2.72. The molecule has 2 aromatic heterocycles. The predicted octanol–water partition coefficient (Wildman–Crippen LogP) is 3.81. The first-order valence-corrected chi connectivity index (χ1v) is 7.82. The van der Waals surface area contributed by atoms with Crippen LogP contribution >= 0.6 is 11.6 Å². The van der Waals surface area contributed by atoms with Crippen LogP contribution in [-0.2, 0) is 0 Å². The average Bonchev–Trinajstić information content (AvgIpc) is 2.87. The Morgan fingerprint density at radius 1 is 1.30 bits per heavy atom. The molecular formula is C15H21ClN4. The smallest absolute Gasteiger partial charge is 0.152 e. The Balaban J connectivity index is 1.84. The lowest BCUT2D eigenvalue weighted by Gasteiger charge is -2.26. The lowest BCUT2D eigenvalue weighted by atomic mass is 9.95. The van der Waals surface area contributed by atoms with Crippen LogP contribution in [-0.4, -0.2) is 26.0 Å². The van der Waals surface area contributed by atoms with E-state index in [4.69, 9.17) is 11.6 Å². The first-order valence-electron chi connectivity index (χ1n) is 7.38. The van der Waals surface area contributed by atoms with Gasteiger partial charge in [-0.3, -0.25) is 0 Å². The highest BCUT2D eigenvalue weighted by Gasteiger charge is 2.20. The van der Waals surface area contributed by atoms with Gasteiger partial charge in [-0.25, -0.2) is 9.50 Å². The Morgan fingerprint density at radius 2 is 2.05 bits per heavy atom. The number of nitrogens with one attached hydrogen (secondary N) is 1. The predicted molar refractivity (Wildman–Crippen MR) is 82.6 cm³/mol. The number of rotatable bonds is 3. The third-order valence-electron chi connectivity index (χ3n) is 4.00. The molecule has 2 heterocycles. The Hall–Kier alpha value is -1.29. The molecule has 0 spiro atoms. The summed E-state index contributed by atoms with van der Waals surface area (Å²) in [5.41, 5.74) is 2.16. The molecular weight excluding hydrogens is 272 g/mol. The van der Waals surface area contributed by atoms with Crippen LogP contribution in [0, 0.1) is 0 Å². The lowest BCUT2D eigenvalue weighted by molar-refractivity contribution is 0.468. The van der Waals surface area contributed by atoms with Gasteiger partial charge in [-0.15, -0.1) is 11.6 Å². The third-order valence-corrected chi connectivity index (χ3v) is 4.43. The number of aromatic nitrogens is 3. The van der Waals surface area contributed by atoms with E-state index in [0.29, 0.717) is 17.3 Å². The Morgan fingerprint density at radius 3 is 2.75 bits per heavy atom. The summed E-state index contributed by atoms with van der Waals surface area (Å²) in [5.74, 6) is 1.36. The number of hydrogen-bond acceptors (Lipinski definition) is 3. The standard InChI is InChI=1S/C15H21ClN4/c1-10(2)13-9-14-15(17-7-8-20(14)19-13)18-12-5-3-11(16)4-6-12/h7-12H,3-6H2,1-2H3,(H,17,18). The summed E-state index contributed by atoms with van der Waals surface area (Å²) < 4.78 is 1.91. The SMILES string of the molecule is CC(C)c1cc2c(NC3CCC(Cl)CC3)nccn2n1. The second-order valence-corrected chi connectivity index (χ2v) is 6.54. The van der Waals surface area contributed by atoms with E-state index in [2.05, 4.69) is 35.3 Å². The maximum Gasteiger partial charge on any atom is 0.152 e. The third kappa shape index (κ3) is 2.75. The van der Waals surface area contributed by atoms with E-state index in [-0.39, 0.29) is 0 Å². The molecule has 0 aliphatic heterocycles. The highest BCUT2D eigenvalue weighted by molar-refractivity contribution is 6.20. The minimum Gasteiger partial charge on any atom is -0.366 e. The minimum absolute atomic E-state index is 0.347. The highest BCUT2D eigenvalue weighted by atomic mass is 35.5. The molecule has 0 bridgehead atoms. The van der Waals surface area contributed by atoms with Crippen molar-refractivity contribution in [1.82, 2.24) is 14.6 Å². The molecule has 108 valence electrons. The number of alkyl halides is 1. The van der Waals surface area contributed by atoms with E-state index in [0.717, 1.165) is 42.7 Å². The Labute approximate surface area is 124 Å². The van der Waals surface area contributed by atoms with Gasteiger partial charge in [0.1, 0.15) is 5.52 Å². The first kappa shape index (κ1) is 13.7. The van der Waals surface area contributed by atoms with Gasteiger partial charge < -0.3 is 5.32 Å². The molecule has 0 unspecified atom stereocenters. The molecule has 2 aromatic rings. The molecule has 0 aromatic carbocycles. The van der Waals surface area contributed by atoms with E-state index >= 15 is 0 Å². The van der Waals surface area contributed by atoms with Crippen LogP contribution in [0.3, 0.4) is 0 Å². The molecule has 1 fully saturated rings. The fourth-order valence-corrected chi connectivity index (χ4v) is 2.98. The van der Waals surface area contributed by atoms with E-state index in [1.165, 1.54) is 0 Å². The van der Waals surface area contributed by atoms with Crippen molar-refractivity contribution in [2.24, 2.45) is 0 Å². The lowest BCUT2D eigenvalue weighted by Crippen LogP contribution is -2.26. The zero-order valence-electron chi connectivity index (χ0n) is 12.0. The maximum atomic E-state index is 6.16. The van der Waals surface area contributed by atoms with Crippen molar-refractivity contribution >= 4 is 22.9 Å².